The van der Waals surface area contributed by atoms with Gasteiger partial charge in [0.15, 0.2) is 0 Å². The van der Waals surface area contributed by atoms with E-state index in [9.17, 15) is 4.79 Å². The Morgan fingerprint density at radius 2 is 2.31 bits per heavy atom. The predicted molar refractivity (Wildman–Crippen MR) is 65.9 cm³/mol. The summed E-state index contributed by atoms with van der Waals surface area (Å²) < 4.78 is 0. The van der Waals surface area contributed by atoms with Crippen LogP contribution >= 0.6 is 23.4 Å². The topological polar surface area (TPSA) is 20.3 Å². The first kappa shape index (κ1) is 10.5. The Morgan fingerprint density at radius 1 is 1.44 bits per heavy atom. The minimum atomic E-state index is 0.260. The molecular weight excluding hydrogens is 242 g/mol. The van der Waals surface area contributed by atoms with Crippen LogP contribution in [0.2, 0.25) is 5.02 Å². The molecule has 2 aliphatic heterocycles. The maximum absolute atomic E-state index is 11.7. The Bertz CT molecular complexity index is 449. The van der Waals surface area contributed by atoms with Crippen LogP contribution in [0.4, 0.5) is 0 Å². The van der Waals surface area contributed by atoms with Crippen molar-refractivity contribution in [2.75, 3.05) is 12.3 Å². The molecular formula is C12H12ClNOS. The second-order valence-corrected chi connectivity index (χ2v) is 5.75. The van der Waals surface area contributed by atoms with E-state index in [0.29, 0.717) is 12.3 Å². The van der Waals surface area contributed by atoms with E-state index in [-0.39, 0.29) is 6.04 Å². The van der Waals surface area contributed by atoms with Crippen LogP contribution in [-0.2, 0) is 4.79 Å². The van der Waals surface area contributed by atoms with E-state index >= 15 is 0 Å². The van der Waals surface area contributed by atoms with Gasteiger partial charge in [0, 0.05) is 28.6 Å². The maximum Gasteiger partial charge on any atom is 0.223 e. The van der Waals surface area contributed by atoms with Crippen LogP contribution in [0.3, 0.4) is 0 Å². The number of rotatable bonds is 0. The van der Waals surface area contributed by atoms with E-state index in [1.54, 1.807) is 0 Å². The van der Waals surface area contributed by atoms with Crippen LogP contribution in [0.1, 0.15) is 24.4 Å². The molecule has 2 heterocycles. The number of carbonyl (C=O) groups excluding carboxylic acids is 1. The monoisotopic (exact) mass is 253 g/mol. The number of hydrogen-bond acceptors (Lipinski definition) is 2. The Labute approximate surface area is 104 Å². The third-order valence-electron chi connectivity index (χ3n) is 3.25. The lowest BCUT2D eigenvalue weighted by Crippen LogP contribution is -2.28. The summed E-state index contributed by atoms with van der Waals surface area (Å²) >= 11 is 7.87. The number of benzene rings is 1. The summed E-state index contributed by atoms with van der Waals surface area (Å²) in [4.78, 5) is 15.0. The van der Waals surface area contributed by atoms with Gasteiger partial charge >= 0.3 is 0 Å². The third-order valence-corrected chi connectivity index (χ3v) is 4.55. The number of hydrogen-bond donors (Lipinski definition) is 0. The summed E-state index contributed by atoms with van der Waals surface area (Å²) in [6, 6.07) is 6.29. The summed E-state index contributed by atoms with van der Waals surface area (Å²) in [5.41, 5.74) is 1.24. The molecule has 1 aromatic carbocycles. The zero-order valence-electron chi connectivity index (χ0n) is 8.78. The molecule has 4 heteroatoms. The van der Waals surface area contributed by atoms with E-state index in [1.807, 2.05) is 28.8 Å². The molecule has 1 saturated heterocycles. The first-order chi connectivity index (χ1) is 7.75. The minimum Gasteiger partial charge on any atom is -0.335 e. The molecule has 1 amide bonds. The highest BCUT2D eigenvalue weighted by Crippen LogP contribution is 2.41. The molecule has 1 fully saturated rings. The molecule has 1 aromatic rings. The molecule has 0 saturated carbocycles. The zero-order valence-corrected chi connectivity index (χ0v) is 10.4. The van der Waals surface area contributed by atoms with Crippen molar-refractivity contribution in [3.05, 3.63) is 28.8 Å². The van der Waals surface area contributed by atoms with E-state index in [2.05, 4.69) is 6.07 Å². The lowest BCUT2D eigenvalue weighted by Gasteiger charge is -2.22. The van der Waals surface area contributed by atoms with Crippen LogP contribution in [0.15, 0.2) is 23.1 Å². The van der Waals surface area contributed by atoms with Crippen molar-refractivity contribution >= 4 is 29.3 Å². The minimum absolute atomic E-state index is 0.260. The molecule has 2 aliphatic rings. The molecule has 16 heavy (non-hydrogen) atoms. The van der Waals surface area contributed by atoms with Gasteiger partial charge in [-0.2, -0.15) is 0 Å². The molecule has 0 spiro atoms. The van der Waals surface area contributed by atoms with Gasteiger partial charge in [-0.25, -0.2) is 0 Å². The lowest BCUT2D eigenvalue weighted by atomic mass is 10.0. The van der Waals surface area contributed by atoms with Gasteiger partial charge in [0.1, 0.15) is 0 Å². The average Bonchev–Trinajstić information content (AvgIpc) is 2.54. The molecule has 1 unspecified atom stereocenters. The number of carbonyl (C=O) groups is 1. The molecule has 0 radical (unpaired) electrons. The fourth-order valence-electron chi connectivity index (χ4n) is 2.50. The van der Waals surface area contributed by atoms with Crippen LogP contribution < -0.4 is 0 Å². The van der Waals surface area contributed by atoms with E-state index in [0.717, 1.165) is 23.7 Å². The second-order valence-electron chi connectivity index (χ2n) is 4.17. The quantitative estimate of drug-likeness (QED) is 0.708. The Balaban J connectivity index is 2.08. The highest BCUT2D eigenvalue weighted by atomic mass is 35.5. The number of nitrogens with zero attached hydrogens (tertiary/aromatic N) is 1. The van der Waals surface area contributed by atoms with Crippen molar-refractivity contribution in [3.63, 3.8) is 0 Å². The lowest BCUT2D eigenvalue weighted by molar-refractivity contribution is -0.128. The molecule has 3 rings (SSSR count). The summed E-state index contributed by atoms with van der Waals surface area (Å²) in [6.07, 6.45) is 1.62. The van der Waals surface area contributed by atoms with Crippen LogP contribution in [0.5, 0.6) is 0 Å². The molecule has 0 bridgehead atoms. The second kappa shape index (κ2) is 3.97. The number of thioether (sulfide) groups is 1. The highest BCUT2D eigenvalue weighted by molar-refractivity contribution is 7.99. The van der Waals surface area contributed by atoms with Gasteiger partial charge in [-0.15, -0.1) is 11.8 Å². The summed E-state index contributed by atoms with van der Waals surface area (Å²) in [7, 11) is 0. The van der Waals surface area contributed by atoms with E-state index in [1.165, 1.54) is 10.5 Å². The number of amides is 1. The Hall–Kier alpha value is -0.670. The van der Waals surface area contributed by atoms with Crippen LogP contribution in [-0.4, -0.2) is 23.1 Å². The normalized spacial score (nSPS) is 23.9. The molecule has 0 aliphatic carbocycles. The third kappa shape index (κ3) is 1.62. The van der Waals surface area contributed by atoms with Gasteiger partial charge in [0.2, 0.25) is 5.91 Å². The highest BCUT2D eigenvalue weighted by Gasteiger charge is 2.34. The molecule has 84 valence electrons. The number of fused-ring (bicyclic) bond motifs is 3. The maximum atomic E-state index is 11.7. The summed E-state index contributed by atoms with van der Waals surface area (Å²) in [5, 5.41) is 0.764. The van der Waals surface area contributed by atoms with Crippen LogP contribution in [0.25, 0.3) is 0 Å². The van der Waals surface area contributed by atoms with Gasteiger partial charge in [-0.1, -0.05) is 11.6 Å². The smallest absolute Gasteiger partial charge is 0.223 e. The van der Waals surface area contributed by atoms with Crippen molar-refractivity contribution in [2.45, 2.75) is 23.8 Å². The Kier molecular flexibility index (Phi) is 2.60. The molecule has 2 nitrogen and oxygen atoms in total. The largest absolute Gasteiger partial charge is 0.335 e. The summed E-state index contributed by atoms with van der Waals surface area (Å²) in [6.45, 7) is 0.862. The first-order valence-corrected chi connectivity index (χ1v) is 6.84. The van der Waals surface area contributed by atoms with Crippen molar-refractivity contribution in [3.8, 4) is 0 Å². The molecule has 0 N–H and O–H groups in total. The molecule has 1 atom stereocenters. The van der Waals surface area contributed by atoms with Gasteiger partial charge in [0.25, 0.3) is 0 Å². The standard InChI is InChI=1S/C12H12ClNOS/c13-8-1-3-11-9(7-8)10-2-4-12(15)14(10)5-6-16-11/h1,3,7,10H,2,4-6H2. The van der Waals surface area contributed by atoms with Gasteiger partial charge < -0.3 is 4.90 Å². The predicted octanol–water partition coefficient (Wildman–Crippen LogP) is 3.11. The van der Waals surface area contributed by atoms with Crippen molar-refractivity contribution in [1.29, 1.82) is 0 Å². The average molecular weight is 254 g/mol. The Morgan fingerprint density at radius 3 is 3.19 bits per heavy atom. The number of halogens is 1. The zero-order chi connectivity index (χ0) is 11.1. The first-order valence-electron chi connectivity index (χ1n) is 5.47. The van der Waals surface area contributed by atoms with E-state index < -0.39 is 0 Å². The molecule has 0 aromatic heterocycles. The SMILES string of the molecule is O=C1CCC2c3cc(Cl)ccc3SCCN12. The van der Waals surface area contributed by atoms with Crippen LogP contribution in [0, 0.1) is 0 Å². The van der Waals surface area contributed by atoms with Gasteiger partial charge in [-0.05, 0) is 30.2 Å². The van der Waals surface area contributed by atoms with Crippen molar-refractivity contribution in [1.82, 2.24) is 4.90 Å². The van der Waals surface area contributed by atoms with E-state index in [4.69, 9.17) is 11.6 Å². The van der Waals surface area contributed by atoms with Gasteiger partial charge in [-0.3, -0.25) is 4.79 Å². The van der Waals surface area contributed by atoms with Crippen molar-refractivity contribution in [2.24, 2.45) is 0 Å². The van der Waals surface area contributed by atoms with Gasteiger partial charge in [0.05, 0.1) is 6.04 Å². The van der Waals surface area contributed by atoms with Crippen molar-refractivity contribution < 1.29 is 4.79 Å². The summed E-state index contributed by atoms with van der Waals surface area (Å²) in [5.74, 6) is 1.27. The fraction of sp³-hybridized carbons (Fsp3) is 0.417. The fourth-order valence-corrected chi connectivity index (χ4v) is 3.72.